The van der Waals surface area contributed by atoms with Gasteiger partial charge in [-0.25, -0.2) is 9.97 Å². The maximum atomic E-state index is 12.0. The Morgan fingerprint density at radius 1 is 1.32 bits per heavy atom. The average Bonchev–Trinajstić information content (AvgIpc) is 2.70. The van der Waals surface area contributed by atoms with Crippen molar-refractivity contribution in [2.75, 3.05) is 5.32 Å². The van der Waals surface area contributed by atoms with Gasteiger partial charge < -0.3 is 5.32 Å². The van der Waals surface area contributed by atoms with E-state index in [0.717, 1.165) is 11.5 Å². The van der Waals surface area contributed by atoms with Crippen molar-refractivity contribution < 1.29 is 4.79 Å². The number of anilines is 1. The molecule has 0 atom stereocenters. The van der Waals surface area contributed by atoms with Gasteiger partial charge in [0, 0.05) is 18.7 Å². The minimum Gasteiger partial charge on any atom is -0.318 e. The second-order valence-electron chi connectivity index (χ2n) is 4.73. The lowest BCUT2D eigenvalue weighted by atomic mass is 10.2. The van der Waals surface area contributed by atoms with Crippen LogP contribution in [0.5, 0.6) is 0 Å². The molecule has 0 aliphatic heterocycles. The molecule has 0 unspecified atom stereocenters. The number of carbonyl (C=O) groups is 1. The topological polar surface area (TPSA) is 72.7 Å². The predicted octanol–water partition coefficient (Wildman–Crippen LogP) is 1.89. The van der Waals surface area contributed by atoms with Gasteiger partial charge in [0.15, 0.2) is 5.69 Å². The minimum atomic E-state index is -0.260. The Morgan fingerprint density at radius 3 is 2.42 bits per heavy atom. The van der Waals surface area contributed by atoms with E-state index < -0.39 is 0 Å². The molecule has 0 saturated heterocycles. The molecular weight excluding hydrogens is 242 g/mol. The van der Waals surface area contributed by atoms with Crippen molar-refractivity contribution in [3.8, 4) is 0 Å². The highest BCUT2D eigenvalue weighted by Crippen LogP contribution is 2.11. The monoisotopic (exact) mass is 259 g/mol. The first kappa shape index (κ1) is 13.2. The summed E-state index contributed by atoms with van der Waals surface area (Å²) in [4.78, 5) is 20.3. The van der Waals surface area contributed by atoms with Crippen LogP contribution >= 0.6 is 0 Å². The molecule has 1 N–H and O–H groups in total. The van der Waals surface area contributed by atoms with Crippen molar-refractivity contribution in [2.24, 2.45) is 7.05 Å². The third-order valence-corrected chi connectivity index (χ3v) is 2.79. The van der Waals surface area contributed by atoms with E-state index in [-0.39, 0.29) is 11.8 Å². The zero-order chi connectivity index (χ0) is 14.0. The first-order chi connectivity index (χ1) is 8.97. The fourth-order valence-corrected chi connectivity index (χ4v) is 1.57. The zero-order valence-electron chi connectivity index (χ0n) is 11.5. The number of rotatable bonds is 3. The van der Waals surface area contributed by atoms with E-state index in [9.17, 15) is 4.79 Å². The lowest BCUT2D eigenvalue weighted by molar-refractivity contribution is 0.102. The Balaban J connectivity index is 2.10. The number of hydrogen-bond donors (Lipinski definition) is 1. The Labute approximate surface area is 111 Å². The third-order valence-electron chi connectivity index (χ3n) is 2.79. The summed E-state index contributed by atoms with van der Waals surface area (Å²) in [7, 11) is 1.80. The summed E-state index contributed by atoms with van der Waals surface area (Å²) in [5, 5.41) is 6.84. The van der Waals surface area contributed by atoms with Crippen molar-refractivity contribution in [3.63, 3.8) is 0 Å². The summed E-state index contributed by atoms with van der Waals surface area (Å²) >= 11 is 0. The molecule has 2 aromatic heterocycles. The first-order valence-corrected chi connectivity index (χ1v) is 6.11. The van der Waals surface area contributed by atoms with E-state index >= 15 is 0 Å². The largest absolute Gasteiger partial charge is 0.318 e. The number of aryl methyl sites for hydroxylation is 2. The van der Waals surface area contributed by atoms with E-state index in [1.54, 1.807) is 30.2 Å². The second-order valence-corrected chi connectivity index (χ2v) is 4.73. The Kier molecular flexibility index (Phi) is 3.59. The summed E-state index contributed by atoms with van der Waals surface area (Å²) in [5.74, 6) is 0.763. The summed E-state index contributed by atoms with van der Waals surface area (Å²) in [6.45, 7) is 5.93. The van der Waals surface area contributed by atoms with Crippen LogP contribution in [0.4, 0.5) is 5.69 Å². The molecule has 0 saturated carbocycles. The number of nitrogens with zero attached hydrogens (tertiary/aromatic N) is 4. The number of aromatic nitrogens is 4. The van der Waals surface area contributed by atoms with Gasteiger partial charge in [-0.3, -0.25) is 9.48 Å². The van der Waals surface area contributed by atoms with Crippen LogP contribution in [0.1, 0.15) is 41.8 Å². The van der Waals surface area contributed by atoms with Gasteiger partial charge in [-0.2, -0.15) is 5.10 Å². The maximum Gasteiger partial charge on any atom is 0.276 e. The van der Waals surface area contributed by atoms with Gasteiger partial charge in [0.05, 0.1) is 18.1 Å². The van der Waals surface area contributed by atoms with Crippen molar-refractivity contribution >= 4 is 11.6 Å². The molecule has 6 heteroatoms. The van der Waals surface area contributed by atoms with Crippen LogP contribution < -0.4 is 5.32 Å². The van der Waals surface area contributed by atoms with Crippen LogP contribution in [0.3, 0.4) is 0 Å². The molecule has 0 aromatic carbocycles. The van der Waals surface area contributed by atoms with Crippen LogP contribution in [0.15, 0.2) is 18.5 Å². The van der Waals surface area contributed by atoms with Gasteiger partial charge in [-0.1, -0.05) is 13.8 Å². The normalized spacial score (nSPS) is 10.8. The first-order valence-electron chi connectivity index (χ1n) is 6.11. The summed E-state index contributed by atoms with van der Waals surface area (Å²) in [6.07, 6.45) is 3.21. The van der Waals surface area contributed by atoms with E-state index in [4.69, 9.17) is 0 Å². The third kappa shape index (κ3) is 2.96. The highest BCUT2D eigenvalue weighted by molar-refractivity contribution is 6.02. The number of nitrogens with one attached hydrogen (secondary N) is 1. The van der Waals surface area contributed by atoms with Crippen molar-refractivity contribution in [3.05, 3.63) is 35.7 Å². The average molecular weight is 259 g/mol. The number of carbonyl (C=O) groups excluding carboxylic acids is 1. The Hall–Kier alpha value is -2.24. The molecule has 0 aliphatic carbocycles. The number of amides is 1. The fourth-order valence-electron chi connectivity index (χ4n) is 1.57. The van der Waals surface area contributed by atoms with Crippen LogP contribution in [-0.4, -0.2) is 25.7 Å². The molecule has 0 radical (unpaired) electrons. The van der Waals surface area contributed by atoms with Crippen LogP contribution in [0.2, 0.25) is 0 Å². The van der Waals surface area contributed by atoms with E-state index in [1.165, 1.54) is 0 Å². The zero-order valence-corrected chi connectivity index (χ0v) is 11.5. The predicted molar refractivity (Wildman–Crippen MR) is 72.0 cm³/mol. The van der Waals surface area contributed by atoms with Gasteiger partial charge in [0.2, 0.25) is 0 Å². The van der Waals surface area contributed by atoms with Gasteiger partial charge in [-0.15, -0.1) is 0 Å². The van der Waals surface area contributed by atoms with E-state index in [0.29, 0.717) is 11.4 Å². The second kappa shape index (κ2) is 5.17. The molecule has 19 heavy (non-hydrogen) atoms. The maximum absolute atomic E-state index is 12.0. The van der Waals surface area contributed by atoms with Gasteiger partial charge in [0.25, 0.3) is 5.91 Å². The molecule has 2 aromatic rings. The molecule has 2 heterocycles. The lowest BCUT2D eigenvalue weighted by Gasteiger charge is -2.05. The summed E-state index contributed by atoms with van der Waals surface area (Å²) < 4.78 is 1.66. The molecule has 2 rings (SSSR count). The van der Waals surface area contributed by atoms with Gasteiger partial charge in [0.1, 0.15) is 5.82 Å². The molecule has 0 bridgehead atoms. The quantitative estimate of drug-likeness (QED) is 0.913. The Morgan fingerprint density at radius 2 is 1.95 bits per heavy atom. The lowest BCUT2D eigenvalue weighted by Crippen LogP contribution is -2.13. The Bertz CT molecular complexity index is 566. The smallest absolute Gasteiger partial charge is 0.276 e. The highest BCUT2D eigenvalue weighted by atomic mass is 16.1. The van der Waals surface area contributed by atoms with Crippen LogP contribution in [0, 0.1) is 6.92 Å². The van der Waals surface area contributed by atoms with Crippen LogP contribution in [0.25, 0.3) is 0 Å². The molecular formula is C13H17N5O. The highest BCUT2D eigenvalue weighted by Gasteiger charge is 2.11. The number of hydrogen-bond acceptors (Lipinski definition) is 4. The summed E-state index contributed by atoms with van der Waals surface area (Å²) in [6, 6.07) is 1.73. The molecule has 1 amide bonds. The minimum absolute atomic E-state index is 0.260. The van der Waals surface area contributed by atoms with Crippen molar-refractivity contribution in [1.82, 2.24) is 19.7 Å². The van der Waals surface area contributed by atoms with Gasteiger partial charge >= 0.3 is 0 Å². The van der Waals surface area contributed by atoms with Crippen molar-refractivity contribution in [2.45, 2.75) is 26.7 Å². The van der Waals surface area contributed by atoms with E-state index in [1.807, 2.05) is 20.8 Å². The SMILES string of the molecule is Cc1cc(C(=O)Nc2cnc(C(C)C)nc2)nn1C. The summed E-state index contributed by atoms with van der Waals surface area (Å²) in [5.41, 5.74) is 1.88. The van der Waals surface area contributed by atoms with Crippen molar-refractivity contribution in [1.29, 1.82) is 0 Å². The van der Waals surface area contributed by atoms with Crippen LogP contribution in [-0.2, 0) is 7.05 Å². The molecule has 6 nitrogen and oxygen atoms in total. The standard InChI is InChI=1S/C13H17N5O/c1-8(2)12-14-6-10(7-15-12)16-13(19)11-5-9(3)18(4)17-11/h5-8H,1-4H3,(H,16,19). The molecule has 100 valence electrons. The molecule has 0 fully saturated rings. The molecule has 0 spiro atoms. The fraction of sp³-hybridized carbons (Fsp3) is 0.385. The van der Waals surface area contributed by atoms with E-state index in [2.05, 4.69) is 20.4 Å². The van der Waals surface area contributed by atoms with Gasteiger partial charge in [-0.05, 0) is 13.0 Å². The molecule has 0 aliphatic rings.